The molecular formula is C14H17N3O2. The normalized spacial score (nSPS) is 11.6. The van der Waals surface area contributed by atoms with E-state index in [9.17, 15) is 0 Å². The number of hydrogen-bond donors (Lipinski definition) is 1. The second kappa shape index (κ2) is 5.56. The monoisotopic (exact) mass is 259 g/mol. The van der Waals surface area contributed by atoms with Crippen molar-refractivity contribution in [2.45, 2.75) is 20.5 Å². The van der Waals surface area contributed by atoms with E-state index < -0.39 is 0 Å². The highest BCUT2D eigenvalue weighted by Gasteiger charge is 2.08. The maximum atomic E-state index is 8.86. The third-order valence-electron chi connectivity index (χ3n) is 2.90. The lowest BCUT2D eigenvalue weighted by molar-refractivity contribution is 0.293. The molecule has 5 nitrogen and oxygen atoms in total. The van der Waals surface area contributed by atoms with Crippen LogP contribution in [0.2, 0.25) is 0 Å². The van der Waals surface area contributed by atoms with Gasteiger partial charge in [0.2, 0.25) is 0 Å². The number of para-hydroxylation sites is 1. The van der Waals surface area contributed by atoms with Gasteiger partial charge < -0.3 is 9.94 Å². The van der Waals surface area contributed by atoms with Crippen LogP contribution < -0.4 is 4.74 Å². The first-order valence-electron chi connectivity index (χ1n) is 6.02. The van der Waals surface area contributed by atoms with Crippen molar-refractivity contribution in [3.05, 3.63) is 47.3 Å². The number of aromatic nitrogens is 2. The van der Waals surface area contributed by atoms with Gasteiger partial charge in [0.05, 0.1) is 17.1 Å². The summed E-state index contributed by atoms with van der Waals surface area (Å²) in [5.74, 6) is 0.691. The molecule has 5 heteroatoms. The first kappa shape index (κ1) is 13.1. The number of aryl methyl sites for hydroxylation is 2. The van der Waals surface area contributed by atoms with Gasteiger partial charge in [0.25, 0.3) is 0 Å². The molecule has 19 heavy (non-hydrogen) atoms. The van der Waals surface area contributed by atoms with Gasteiger partial charge in [-0.05, 0) is 32.0 Å². The smallest absolute Gasteiger partial charge is 0.130 e. The average Bonchev–Trinajstić information content (AvgIpc) is 2.74. The Morgan fingerprint density at radius 2 is 2.16 bits per heavy atom. The molecule has 0 atom stereocenters. The van der Waals surface area contributed by atoms with E-state index in [1.807, 2.05) is 44.3 Å². The number of hydrogen-bond acceptors (Lipinski definition) is 4. The largest absolute Gasteiger partial charge is 0.487 e. The van der Waals surface area contributed by atoms with E-state index >= 15 is 0 Å². The van der Waals surface area contributed by atoms with E-state index in [0.29, 0.717) is 18.1 Å². The third kappa shape index (κ3) is 2.93. The van der Waals surface area contributed by atoms with E-state index in [-0.39, 0.29) is 0 Å². The topological polar surface area (TPSA) is 59.6 Å². The van der Waals surface area contributed by atoms with Gasteiger partial charge in [-0.3, -0.25) is 4.68 Å². The van der Waals surface area contributed by atoms with Crippen molar-refractivity contribution < 1.29 is 9.94 Å². The lowest BCUT2D eigenvalue weighted by Crippen LogP contribution is -2.06. The second-order valence-corrected chi connectivity index (χ2v) is 4.37. The van der Waals surface area contributed by atoms with E-state index in [0.717, 1.165) is 17.0 Å². The van der Waals surface area contributed by atoms with Crippen molar-refractivity contribution in [2.24, 2.45) is 12.2 Å². The molecule has 0 amide bonds. The molecule has 100 valence electrons. The summed E-state index contributed by atoms with van der Waals surface area (Å²) in [5, 5.41) is 16.3. The first-order chi connectivity index (χ1) is 9.11. The number of ether oxygens (including phenoxy) is 1. The van der Waals surface area contributed by atoms with Crippen LogP contribution in [0.3, 0.4) is 0 Å². The van der Waals surface area contributed by atoms with Crippen molar-refractivity contribution in [1.82, 2.24) is 9.78 Å². The van der Waals surface area contributed by atoms with Crippen LogP contribution in [-0.2, 0) is 13.7 Å². The zero-order valence-corrected chi connectivity index (χ0v) is 11.3. The molecule has 0 radical (unpaired) electrons. The summed E-state index contributed by atoms with van der Waals surface area (Å²) in [6.45, 7) is 4.10. The zero-order chi connectivity index (χ0) is 13.8. The quantitative estimate of drug-likeness (QED) is 0.521. The summed E-state index contributed by atoms with van der Waals surface area (Å²) in [4.78, 5) is 0. The van der Waals surface area contributed by atoms with Crippen LogP contribution in [0.15, 0.2) is 35.5 Å². The summed E-state index contributed by atoms with van der Waals surface area (Å²) in [6, 6.07) is 9.46. The fourth-order valence-electron chi connectivity index (χ4n) is 1.90. The molecule has 0 saturated carbocycles. The van der Waals surface area contributed by atoms with Crippen LogP contribution in [0, 0.1) is 6.92 Å². The van der Waals surface area contributed by atoms with Crippen LogP contribution in [0.25, 0.3) is 0 Å². The van der Waals surface area contributed by atoms with Crippen molar-refractivity contribution in [3.63, 3.8) is 0 Å². The van der Waals surface area contributed by atoms with Gasteiger partial charge >= 0.3 is 0 Å². The highest BCUT2D eigenvalue weighted by molar-refractivity contribution is 6.00. The zero-order valence-electron chi connectivity index (χ0n) is 11.3. The number of oxime groups is 1. The molecule has 0 aliphatic carbocycles. The van der Waals surface area contributed by atoms with E-state index in [4.69, 9.17) is 9.94 Å². The minimum atomic E-state index is 0.424. The van der Waals surface area contributed by atoms with E-state index in [2.05, 4.69) is 10.3 Å². The molecular weight excluding hydrogens is 242 g/mol. The Morgan fingerprint density at radius 3 is 2.79 bits per heavy atom. The van der Waals surface area contributed by atoms with E-state index in [1.54, 1.807) is 11.6 Å². The minimum absolute atomic E-state index is 0.424. The second-order valence-electron chi connectivity index (χ2n) is 4.37. The lowest BCUT2D eigenvalue weighted by atomic mass is 10.1. The fraction of sp³-hybridized carbons (Fsp3) is 0.286. The molecule has 0 aliphatic rings. The maximum absolute atomic E-state index is 8.86. The van der Waals surface area contributed by atoms with E-state index in [1.165, 1.54) is 0 Å². The predicted molar refractivity (Wildman–Crippen MR) is 72.7 cm³/mol. The van der Waals surface area contributed by atoms with Gasteiger partial charge in [0.1, 0.15) is 12.4 Å². The molecule has 0 fully saturated rings. The van der Waals surface area contributed by atoms with Gasteiger partial charge in [0, 0.05) is 12.6 Å². The Labute approximate surface area is 112 Å². The Hall–Kier alpha value is -2.30. The summed E-state index contributed by atoms with van der Waals surface area (Å²) >= 11 is 0. The Morgan fingerprint density at radius 1 is 1.42 bits per heavy atom. The van der Waals surface area contributed by atoms with Crippen LogP contribution in [0.5, 0.6) is 5.75 Å². The molecule has 0 unspecified atom stereocenters. The summed E-state index contributed by atoms with van der Waals surface area (Å²) in [5.41, 5.74) is 3.26. The Bertz CT molecular complexity index is 602. The highest BCUT2D eigenvalue weighted by atomic mass is 16.5. The van der Waals surface area contributed by atoms with Crippen LogP contribution in [0.4, 0.5) is 0 Å². The summed E-state index contributed by atoms with van der Waals surface area (Å²) in [6.07, 6.45) is 0. The van der Waals surface area contributed by atoms with Gasteiger partial charge in [-0.2, -0.15) is 5.10 Å². The van der Waals surface area contributed by atoms with Gasteiger partial charge in [-0.1, -0.05) is 17.3 Å². The molecule has 0 spiro atoms. The molecule has 0 aliphatic heterocycles. The van der Waals surface area contributed by atoms with Crippen molar-refractivity contribution in [2.75, 3.05) is 0 Å². The fourth-order valence-corrected chi connectivity index (χ4v) is 1.90. The van der Waals surface area contributed by atoms with Gasteiger partial charge in [-0.25, -0.2) is 0 Å². The molecule has 0 saturated heterocycles. The standard InChI is InChI=1S/C14H17N3O2/c1-10-8-12(17(3)15-10)9-19-14-7-5-4-6-13(14)11(2)16-18/h4-8,18H,9H2,1-3H3. The van der Waals surface area contributed by atoms with Crippen LogP contribution >= 0.6 is 0 Å². The van der Waals surface area contributed by atoms with Crippen molar-refractivity contribution in [3.8, 4) is 5.75 Å². The lowest BCUT2D eigenvalue weighted by Gasteiger charge is -2.10. The molecule has 2 rings (SSSR count). The maximum Gasteiger partial charge on any atom is 0.130 e. The summed E-state index contributed by atoms with van der Waals surface area (Å²) in [7, 11) is 1.89. The Balaban J connectivity index is 2.18. The van der Waals surface area contributed by atoms with Crippen LogP contribution in [-0.4, -0.2) is 20.7 Å². The van der Waals surface area contributed by atoms with Crippen molar-refractivity contribution >= 4 is 5.71 Å². The van der Waals surface area contributed by atoms with Crippen molar-refractivity contribution in [1.29, 1.82) is 0 Å². The summed E-state index contributed by atoms with van der Waals surface area (Å²) < 4.78 is 7.58. The highest BCUT2D eigenvalue weighted by Crippen LogP contribution is 2.20. The van der Waals surface area contributed by atoms with Crippen LogP contribution in [0.1, 0.15) is 23.9 Å². The molecule has 0 bridgehead atoms. The molecule has 1 aromatic carbocycles. The average molecular weight is 259 g/mol. The van der Waals surface area contributed by atoms with Gasteiger partial charge in [-0.15, -0.1) is 0 Å². The predicted octanol–water partition coefficient (Wildman–Crippen LogP) is 2.51. The number of rotatable bonds is 4. The van der Waals surface area contributed by atoms with Gasteiger partial charge in [0.15, 0.2) is 0 Å². The first-order valence-corrected chi connectivity index (χ1v) is 6.02. The molecule has 1 N–H and O–H groups in total. The molecule has 1 heterocycles. The molecule has 2 aromatic rings. The minimum Gasteiger partial charge on any atom is -0.487 e. The number of benzene rings is 1. The number of nitrogens with zero attached hydrogens (tertiary/aromatic N) is 3. The SMILES string of the molecule is CC(=NO)c1ccccc1OCc1cc(C)nn1C. The Kier molecular flexibility index (Phi) is 3.85. The molecule has 1 aromatic heterocycles. The third-order valence-corrected chi connectivity index (χ3v) is 2.90.